The van der Waals surface area contributed by atoms with E-state index in [2.05, 4.69) is 20.6 Å². The normalized spacial score (nSPS) is 19.3. The van der Waals surface area contributed by atoms with Crippen LogP contribution in [-0.2, 0) is 15.9 Å². The van der Waals surface area contributed by atoms with E-state index in [4.69, 9.17) is 19.9 Å². The molecule has 5 rings (SSSR count). The lowest BCUT2D eigenvalue weighted by Crippen LogP contribution is -2.27. The second kappa shape index (κ2) is 8.94. The van der Waals surface area contributed by atoms with Gasteiger partial charge in [0.2, 0.25) is 5.88 Å². The Labute approximate surface area is 195 Å². The quantitative estimate of drug-likeness (QED) is 0.490. The molecule has 1 aromatic carbocycles. The molecule has 2 atom stereocenters. The number of hydrogen-bond acceptors (Lipinski definition) is 8. The van der Waals surface area contributed by atoms with Crippen molar-refractivity contribution in [3.63, 3.8) is 0 Å². The minimum atomic E-state index is -0.622. The van der Waals surface area contributed by atoms with Crippen molar-refractivity contribution < 1.29 is 23.4 Å². The minimum absolute atomic E-state index is 0.0185. The second-order valence-electron chi connectivity index (χ2n) is 8.34. The number of nitrogens with zero attached hydrogens (tertiary/aromatic N) is 2. The van der Waals surface area contributed by atoms with Gasteiger partial charge in [-0.25, -0.2) is 19.2 Å². The maximum Gasteiger partial charge on any atom is 0.413 e. The maximum absolute atomic E-state index is 15.4. The molecule has 1 amide bonds. The molecule has 9 nitrogen and oxygen atoms in total. The van der Waals surface area contributed by atoms with Gasteiger partial charge in [-0.15, -0.1) is 0 Å². The van der Waals surface area contributed by atoms with Crippen LogP contribution in [-0.4, -0.2) is 48.0 Å². The van der Waals surface area contributed by atoms with Crippen molar-refractivity contribution in [3.05, 3.63) is 35.9 Å². The van der Waals surface area contributed by atoms with Crippen molar-refractivity contribution in [1.82, 2.24) is 9.97 Å². The molecule has 10 heteroatoms. The maximum atomic E-state index is 15.4. The summed E-state index contributed by atoms with van der Waals surface area (Å²) in [7, 11) is 0. The summed E-state index contributed by atoms with van der Waals surface area (Å²) in [5.74, 6) is 0.241. The molecule has 0 spiro atoms. The number of halogens is 1. The highest BCUT2D eigenvalue weighted by Crippen LogP contribution is 2.40. The number of benzene rings is 1. The van der Waals surface area contributed by atoms with E-state index >= 15 is 4.39 Å². The van der Waals surface area contributed by atoms with Gasteiger partial charge in [-0.05, 0) is 36.4 Å². The average Bonchev–Trinajstić information content (AvgIpc) is 3.24. The average molecular weight is 468 g/mol. The van der Waals surface area contributed by atoms with E-state index in [1.807, 2.05) is 13.8 Å². The first kappa shape index (κ1) is 22.1. The van der Waals surface area contributed by atoms with Crippen molar-refractivity contribution in [3.8, 4) is 17.0 Å². The Hall–Kier alpha value is -3.66. The molecule has 1 fully saturated rings. The SMILES string of the molecule is CCc1c(-c2cc3cc(NC(=O)OC4CCOC4C)ncc3c(N)c2F)cnc2c1NCCO2. The summed E-state index contributed by atoms with van der Waals surface area (Å²) in [4.78, 5) is 20.9. The number of carbonyl (C=O) groups excluding carboxylic acids is 1. The first-order valence-electron chi connectivity index (χ1n) is 11.3. The number of nitrogens with one attached hydrogen (secondary N) is 2. The van der Waals surface area contributed by atoms with Crippen molar-refractivity contribution in [2.75, 3.05) is 36.1 Å². The number of ether oxygens (including phenoxy) is 3. The molecule has 178 valence electrons. The van der Waals surface area contributed by atoms with Gasteiger partial charge >= 0.3 is 6.09 Å². The lowest BCUT2D eigenvalue weighted by atomic mass is 9.95. The molecule has 0 radical (unpaired) electrons. The number of rotatable bonds is 4. The summed E-state index contributed by atoms with van der Waals surface area (Å²) in [5, 5.41) is 7.02. The Kier molecular flexibility index (Phi) is 5.82. The highest BCUT2D eigenvalue weighted by molar-refractivity contribution is 5.99. The lowest BCUT2D eigenvalue weighted by molar-refractivity contribution is 0.0420. The van der Waals surface area contributed by atoms with E-state index in [0.717, 1.165) is 11.3 Å². The zero-order valence-electron chi connectivity index (χ0n) is 19.0. The van der Waals surface area contributed by atoms with Crippen molar-refractivity contribution in [2.24, 2.45) is 0 Å². The van der Waals surface area contributed by atoms with Crippen LogP contribution in [0.1, 0.15) is 25.8 Å². The van der Waals surface area contributed by atoms with Gasteiger partial charge in [-0.1, -0.05) is 6.92 Å². The Morgan fingerprint density at radius 3 is 2.91 bits per heavy atom. The van der Waals surface area contributed by atoms with Gasteiger partial charge in [0, 0.05) is 41.9 Å². The fourth-order valence-corrected chi connectivity index (χ4v) is 4.44. The molecule has 34 heavy (non-hydrogen) atoms. The van der Waals surface area contributed by atoms with Gasteiger partial charge in [-0.3, -0.25) is 5.32 Å². The standard InChI is InChI=1S/C24H26FN5O4/c1-3-14-17(11-29-23-22(14)27-5-7-33-23)15-8-13-9-19(28-10-16(13)21(26)20(15)25)30-24(31)34-18-4-6-32-12(18)2/h8-12,18,27H,3-7,26H2,1-2H3,(H,28,30,31). The van der Waals surface area contributed by atoms with E-state index in [0.29, 0.717) is 60.4 Å². The Morgan fingerprint density at radius 2 is 2.15 bits per heavy atom. The predicted molar refractivity (Wildman–Crippen MR) is 127 cm³/mol. The topological polar surface area (TPSA) is 121 Å². The molecule has 2 unspecified atom stereocenters. The molecular formula is C24H26FN5O4. The summed E-state index contributed by atoms with van der Waals surface area (Å²) in [6, 6.07) is 3.33. The third-order valence-corrected chi connectivity index (χ3v) is 6.23. The number of nitrogen functional groups attached to an aromatic ring is 1. The van der Waals surface area contributed by atoms with Crippen LogP contribution in [0.3, 0.4) is 0 Å². The van der Waals surface area contributed by atoms with Gasteiger partial charge in [0.05, 0.1) is 18.4 Å². The van der Waals surface area contributed by atoms with Gasteiger partial charge in [0.25, 0.3) is 0 Å². The lowest BCUT2D eigenvalue weighted by Gasteiger charge is -2.23. The fourth-order valence-electron chi connectivity index (χ4n) is 4.44. The third-order valence-electron chi connectivity index (χ3n) is 6.23. The molecule has 1 saturated heterocycles. The van der Waals surface area contributed by atoms with Crippen LogP contribution in [0.25, 0.3) is 21.9 Å². The highest BCUT2D eigenvalue weighted by atomic mass is 19.1. The summed E-state index contributed by atoms with van der Waals surface area (Å²) in [6.07, 6.45) is 3.26. The highest BCUT2D eigenvalue weighted by Gasteiger charge is 2.28. The monoisotopic (exact) mass is 467 g/mol. The van der Waals surface area contributed by atoms with E-state index < -0.39 is 11.9 Å². The van der Waals surface area contributed by atoms with Crippen LogP contribution in [0.2, 0.25) is 0 Å². The summed E-state index contributed by atoms with van der Waals surface area (Å²) in [5.41, 5.74) is 8.76. The van der Waals surface area contributed by atoms with Gasteiger partial charge in [-0.2, -0.15) is 0 Å². The Morgan fingerprint density at radius 1 is 1.29 bits per heavy atom. The van der Waals surface area contributed by atoms with Gasteiger partial charge in [0.15, 0.2) is 5.82 Å². The number of nitrogens with two attached hydrogens (primary N) is 1. The van der Waals surface area contributed by atoms with E-state index in [-0.39, 0.29) is 23.7 Å². The molecular weight excluding hydrogens is 441 g/mol. The number of pyridine rings is 2. The molecule has 2 aromatic heterocycles. The first-order chi connectivity index (χ1) is 16.5. The summed E-state index contributed by atoms with van der Waals surface area (Å²) < 4.78 is 31.9. The third kappa shape index (κ3) is 3.94. The Bertz CT molecular complexity index is 1270. The van der Waals surface area contributed by atoms with Crippen molar-refractivity contribution in [1.29, 1.82) is 0 Å². The zero-order valence-corrected chi connectivity index (χ0v) is 19.0. The molecule has 2 aliphatic rings. The van der Waals surface area contributed by atoms with Crippen LogP contribution in [0, 0.1) is 5.82 Å². The van der Waals surface area contributed by atoms with E-state index in [9.17, 15) is 4.79 Å². The number of anilines is 3. The molecule has 0 saturated carbocycles. The smallest absolute Gasteiger partial charge is 0.413 e. The minimum Gasteiger partial charge on any atom is -0.474 e. The van der Waals surface area contributed by atoms with Crippen molar-refractivity contribution in [2.45, 2.75) is 38.9 Å². The first-order valence-corrected chi connectivity index (χ1v) is 11.3. The number of carbonyl (C=O) groups is 1. The number of aromatic nitrogens is 2. The largest absolute Gasteiger partial charge is 0.474 e. The molecule has 3 aromatic rings. The molecule has 0 aliphatic carbocycles. The fraction of sp³-hybridized carbons (Fsp3) is 0.375. The van der Waals surface area contributed by atoms with Crippen LogP contribution in [0.4, 0.5) is 26.4 Å². The van der Waals surface area contributed by atoms with Gasteiger partial charge in [0.1, 0.15) is 24.2 Å². The zero-order chi connectivity index (χ0) is 23.8. The van der Waals surface area contributed by atoms with Gasteiger partial charge < -0.3 is 25.3 Å². The van der Waals surface area contributed by atoms with Crippen molar-refractivity contribution >= 4 is 34.1 Å². The molecule has 4 N–H and O–H groups in total. The Balaban J connectivity index is 1.50. The second-order valence-corrected chi connectivity index (χ2v) is 8.34. The number of amides is 1. The van der Waals surface area contributed by atoms with Crippen LogP contribution < -0.4 is 21.1 Å². The van der Waals surface area contributed by atoms with Crippen LogP contribution >= 0.6 is 0 Å². The molecule has 2 aliphatic heterocycles. The predicted octanol–water partition coefficient (Wildman–Crippen LogP) is 4.11. The number of hydrogen-bond donors (Lipinski definition) is 3. The molecule has 0 bridgehead atoms. The van der Waals surface area contributed by atoms with E-state index in [1.54, 1.807) is 18.3 Å². The van der Waals surface area contributed by atoms with Crippen LogP contribution in [0.15, 0.2) is 24.5 Å². The molecule has 4 heterocycles. The summed E-state index contributed by atoms with van der Waals surface area (Å²) >= 11 is 0. The summed E-state index contributed by atoms with van der Waals surface area (Å²) in [6.45, 7) is 5.58. The van der Waals surface area contributed by atoms with E-state index in [1.165, 1.54) is 6.20 Å². The van der Waals surface area contributed by atoms with Crippen LogP contribution in [0.5, 0.6) is 5.88 Å². The number of fused-ring (bicyclic) bond motifs is 2.